The summed E-state index contributed by atoms with van der Waals surface area (Å²) in [6.07, 6.45) is 0. The average Bonchev–Trinajstić information content (AvgIpc) is 2.11. The van der Waals surface area contributed by atoms with Gasteiger partial charge < -0.3 is 5.11 Å². The number of hydrogen-bond acceptors (Lipinski definition) is 3. The molecule has 0 saturated carbocycles. The third-order valence-corrected chi connectivity index (χ3v) is 4.48. The van der Waals surface area contributed by atoms with Crippen LogP contribution in [0.1, 0.15) is 0 Å². The van der Waals surface area contributed by atoms with Crippen molar-refractivity contribution in [3.8, 4) is 0 Å². The number of nitrogens with zero attached hydrogens (tertiary/aromatic N) is 1. The largest absolute Gasteiger partial charge is 0.481 e. The number of benzene rings is 1. The van der Waals surface area contributed by atoms with Crippen LogP contribution in [0.4, 0.5) is 8.78 Å². The van der Waals surface area contributed by atoms with E-state index in [1.165, 1.54) is 0 Å². The Labute approximate surface area is 102 Å². The molecule has 0 unspecified atom stereocenters. The summed E-state index contributed by atoms with van der Waals surface area (Å²) in [6.45, 7) is -0.369. The summed E-state index contributed by atoms with van der Waals surface area (Å²) in [4.78, 5) is 10.0. The second kappa shape index (κ2) is 4.29. The van der Waals surface area contributed by atoms with Crippen molar-refractivity contribution in [3.63, 3.8) is 0 Å². The first-order valence-corrected chi connectivity index (χ1v) is 6.44. The first kappa shape index (κ1) is 12.9. The van der Waals surface area contributed by atoms with E-state index in [0.29, 0.717) is 18.2 Å². The Kier molecular flexibility index (Phi) is 3.07. The SMILES string of the molecule is O=C(O)C1CN(S(=O)(=O)c2cc(F)cc(F)c2)C1. The lowest BCUT2D eigenvalue weighted by molar-refractivity contribution is -0.145. The molecule has 1 fully saturated rings. The Bertz CT molecular complexity index is 576. The topological polar surface area (TPSA) is 74.7 Å². The number of carboxylic acids is 1. The summed E-state index contributed by atoms with van der Waals surface area (Å²) >= 11 is 0. The molecule has 0 atom stereocenters. The third-order valence-electron chi connectivity index (χ3n) is 2.67. The van der Waals surface area contributed by atoms with Crippen LogP contribution in [0.15, 0.2) is 23.1 Å². The Morgan fingerprint density at radius 3 is 2.17 bits per heavy atom. The first-order chi connectivity index (χ1) is 8.30. The van der Waals surface area contributed by atoms with Crippen molar-refractivity contribution < 1.29 is 27.1 Å². The minimum atomic E-state index is -4.02. The summed E-state index contributed by atoms with van der Waals surface area (Å²) in [5.41, 5.74) is 0. The van der Waals surface area contributed by atoms with Gasteiger partial charge in [0.1, 0.15) is 11.6 Å². The molecule has 2 rings (SSSR count). The average molecular weight is 277 g/mol. The molecule has 18 heavy (non-hydrogen) atoms. The fraction of sp³-hybridized carbons (Fsp3) is 0.300. The van der Waals surface area contributed by atoms with Crippen LogP contribution in [0, 0.1) is 17.6 Å². The predicted octanol–water partition coefficient (Wildman–Crippen LogP) is 0.670. The molecule has 0 aliphatic carbocycles. The summed E-state index contributed by atoms with van der Waals surface area (Å²) in [7, 11) is -4.02. The molecule has 0 aromatic heterocycles. The highest BCUT2D eigenvalue weighted by Gasteiger charge is 2.40. The Morgan fingerprint density at radius 2 is 1.72 bits per heavy atom. The van der Waals surface area contributed by atoms with E-state index in [9.17, 15) is 22.0 Å². The zero-order chi connectivity index (χ0) is 13.5. The van der Waals surface area contributed by atoms with E-state index in [1.807, 2.05) is 0 Å². The van der Waals surface area contributed by atoms with Crippen LogP contribution < -0.4 is 0 Å². The Hall–Kier alpha value is -1.54. The first-order valence-electron chi connectivity index (χ1n) is 5.00. The zero-order valence-electron chi connectivity index (χ0n) is 9.01. The lowest BCUT2D eigenvalue weighted by Crippen LogP contribution is -2.52. The summed E-state index contributed by atoms with van der Waals surface area (Å²) < 4.78 is 50.5. The standard InChI is InChI=1S/C10H9F2NO4S/c11-7-1-8(12)3-9(2-7)18(16,17)13-4-6(5-13)10(14)15/h1-3,6H,4-5H2,(H,14,15). The Morgan fingerprint density at radius 1 is 1.22 bits per heavy atom. The van der Waals surface area contributed by atoms with Crippen LogP contribution in [-0.2, 0) is 14.8 Å². The van der Waals surface area contributed by atoms with Crippen LogP contribution in [0.3, 0.4) is 0 Å². The molecule has 1 saturated heterocycles. The van der Waals surface area contributed by atoms with E-state index in [0.717, 1.165) is 4.31 Å². The predicted molar refractivity (Wildman–Crippen MR) is 56.2 cm³/mol. The van der Waals surface area contributed by atoms with Crippen molar-refractivity contribution in [3.05, 3.63) is 29.8 Å². The van der Waals surface area contributed by atoms with Crippen molar-refractivity contribution in [2.24, 2.45) is 5.92 Å². The van der Waals surface area contributed by atoms with E-state index in [-0.39, 0.29) is 13.1 Å². The molecular weight excluding hydrogens is 268 g/mol. The molecule has 0 spiro atoms. The maximum atomic E-state index is 12.9. The van der Waals surface area contributed by atoms with Gasteiger partial charge in [0.25, 0.3) is 0 Å². The maximum Gasteiger partial charge on any atom is 0.309 e. The van der Waals surface area contributed by atoms with Crippen LogP contribution in [0.25, 0.3) is 0 Å². The number of carbonyl (C=O) groups is 1. The molecule has 98 valence electrons. The van der Waals surface area contributed by atoms with Crippen LogP contribution in [0.5, 0.6) is 0 Å². The molecule has 1 aliphatic heterocycles. The highest BCUT2D eigenvalue weighted by molar-refractivity contribution is 7.89. The molecule has 1 aromatic rings. The fourth-order valence-corrected chi connectivity index (χ4v) is 3.19. The summed E-state index contributed by atoms with van der Waals surface area (Å²) in [6, 6.07) is 1.97. The molecule has 1 aliphatic rings. The molecule has 1 aromatic carbocycles. The van der Waals surface area contributed by atoms with E-state index < -0.39 is 38.4 Å². The minimum Gasteiger partial charge on any atom is -0.481 e. The smallest absolute Gasteiger partial charge is 0.309 e. The number of rotatable bonds is 3. The van der Waals surface area contributed by atoms with Gasteiger partial charge in [-0.05, 0) is 12.1 Å². The summed E-state index contributed by atoms with van der Waals surface area (Å²) in [5.74, 6) is -3.85. The zero-order valence-corrected chi connectivity index (χ0v) is 9.82. The molecule has 5 nitrogen and oxygen atoms in total. The van der Waals surface area contributed by atoms with Gasteiger partial charge in [-0.3, -0.25) is 4.79 Å². The van der Waals surface area contributed by atoms with E-state index in [4.69, 9.17) is 5.11 Å². The van der Waals surface area contributed by atoms with Crippen molar-refractivity contribution in [2.75, 3.05) is 13.1 Å². The lowest BCUT2D eigenvalue weighted by atomic mass is 10.0. The van der Waals surface area contributed by atoms with Crippen molar-refractivity contribution in [2.45, 2.75) is 4.90 Å². The van der Waals surface area contributed by atoms with Crippen LogP contribution in [-0.4, -0.2) is 36.9 Å². The summed E-state index contributed by atoms with van der Waals surface area (Å²) in [5, 5.41) is 8.63. The van der Waals surface area contributed by atoms with Gasteiger partial charge >= 0.3 is 5.97 Å². The lowest BCUT2D eigenvalue weighted by Gasteiger charge is -2.35. The van der Waals surface area contributed by atoms with Crippen LogP contribution in [0.2, 0.25) is 0 Å². The maximum absolute atomic E-state index is 12.9. The minimum absolute atomic E-state index is 0.185. The molecule has 1 N–H and O–H groups in total. The van der Waals surface area contributed by atoms with Gasteiger partial charge in [-0.25, -0.2) is 17.2 Å². The number of sulfonamides is 1. The van der Waals surface area contributed by atoms with Gasteiger partial charge in [-0.2, -0.15) is 4.31 Å². The second-order valence-electron chi connectivity index (χ2n) is 3.96. The fourth-order valence-electron chi connectivity index (χ4n) is 1.62. The molecule has 0 amide bonds. The molecule has 0 radical (unpaired) electrons. The monoisotopic (exact) mass is 277 g/mol. The molecule has 0 bridgehead atoms. The Balaban J connectivity index is 2.25. The molecule has 8 heteroatoms. The van der Waals surface area contributed by atoms with Gasteiger partial charge in [0.2, 0.25) is 10.0 Å². The number of halogens is 2. The molecular formula is C10H9F2NO4S. The van der Waals surface area contributed by atoms with Gasteiger partial charge in [-0.15, -0.1) is 0 Å². The highest BCUT2D eigenvalue weighted by Crippen LogP contribution is 2.26. The van der Waals surface area contributed by atoms with Crippen molar-refractivity contribution >= 4 is 16.0 Å². The van der Waals surface area contributed by atoms with Gasteiger partial charge in [0, 0.05) is 19.2 Å². The quantitative estimate of drug-likeness (QED) is 0.881. The second-order valence-corrected chi connectivity index (χ2v) is 5.90. The number of hydrogen-bond donors (Lipinski definition) is 1. The van der Waals surface area contributed by atoms with Crippen molar-refractivity contribution in [1.82, 2.24) is 4.31 Å². The van der Waals surface area contributed by atoms with Gasteiger partial charge in [0.15, 0.2) is 0 Å². The molecule has 1 heterocycles. The van der Waals surface area contributed by atoms with Gasteiger partial charge in [-0.1, -0.05) is 0 Å². The van der Waals surface area contributed by atoms with Crippen LogP contribution >= 0.6 is 0 Å². The highest BCUT2D eigenvalue weighted by atomic mass is 32.2. The van der Waals surface area contributed by atoms with E-state index in [2.05, 4.69) is 0 Å². The van der Waals surface area contributed by atoms with Crippen molar-refractivity contribution in [1.29, 1.82) is 0 Å². The van der Waals surface area contributed by atoms with Gasteiger partial charge in [0.05, 0.1) is 10.8 Å². The van der Waals surface area contributed by atoms with E-state index >= 15 is 0 Å². The number of aliphatic carboxylic acids is 1. The third kappa shape index (κ3) is 2.21. The normalized spacial score (nSPS) is 17.4. The van der Waals surface area contributed by atoms with E-state index in [1.54, 1.807) is 0 Å². The number of carboxylic acid groups (broad SMARTS) is 1.